The summed E-state index contributed by atoms with van der Waals surface area (Å²) in [6.07, 6.45) is 1.53. The Hall–Kier alpha value is -2.10. The molecule has 0 aromatic carbocycles. The van der Waals surface area contributed by atoms with Gasteiger partial charge in [0.05, 0.1) is 11.1 Å². The molecule has 76 valence electrons. The lowest BCUT2D eigenvalue weighted by Gasteiger charge is -2.08. The van der Waals surface area contributed by atoms with Gasteiger partial charge in [-0.3, -0.25) is 4.79 Å². The predicted octanol–water partition coefficient (Wildman–Crippen LogP) is 1.28. The molecule has 15 heavy (non-hydrogen) atoms. The Kier molecular flexibility index (Phi) is 2.25. The fourth-order valence-electron chi connectivity index (χ4n) is 1.48. The summed E-state index contributed by atoms with van der Waals surface area (Å²) in [5, 5.41) is 10.1. The molecule has 1 amide bonds. The lowest BCUT2D eigenvalue weighted by atomic mass is 10.1. The van der Waals surface area contributed by atoms with Crippen LogP contribution >= 0.6 is 0 Å². The topological polar surface area (TPSA) is 54.6 Å². The first-order valence-corrected chi connectivity index (χ1v) is 4.53. The highest BCUT2D eigenvalue weighted by molar-refractivity contribution is 5.75. The molecule has 1 aliphatic carbocycles. The molecular weight excluding hydrogens is 192 g/mol. The van der Waals surface area contributed by atoms with Crippen molar-refractivity contribution in [1.29, 1.82) is 0 Å². The number of amides is 1. The van der Waals surface area contributed by atoms with Crippen LogP contribution in [-0.4, -0.2) is 15.8 Å². The van der Waals surface area contributed by atoms with E-state index in [1.807, 2.05) is 6.07 Å². The van der Waals surface area contributed by atoms with Crippen molar-refractivity contribution in [2.24, 2.45) is 4.99 Å². The molecule has 1 heterocycles. The van der Waals surface area contributed by atoms with E-state index < -0.39 is 0 Å². The molecule has 4 heteroatoms. The summed E-state index contributed by atoms with van der Waals surface area (Å²) in [5.41, 5.74) is 1.37. The van der Waals surface area contributed by atoms with Crippen molar-refractivity contribution >= 4 is 5.91 Å². The summed E-state index contributed by atoms with van der Waals surface area (Å²) in [4.78, 5) is 14.8. The highest BCUT2D eigenvalue weighted by Gasteiger charge is 2.06. The number of aromatic nitrogens is 1. The van der Waals surface area contributed by atoms with Crippen LogP contribution in [0.4, 0.5) is 0 Å². The number of pyridine rings is 1. The minimum absolute atomic E-state index is 0.254. The predicted molar refractivity (Wildman–Crippen MR) is 54.5 cm³/mol. The van der Waals surface area contributed by atoms with E-state index in [0.717, 1.165) is 10.3 Å². The van der Waals surface area contributed by atoms with Gasteiger partial charge in [-0.2, -0.15) is 4.73 Å². The summed E-state index contributed by atoms with van der Waals surface area (Å²) >= 11 is 0. The van der Waals surface area contributed by atoms with Crippen molar-refractivity contribution in [2.75, 3.05) is 0 Å². The molecule has 0 aromatic rings. The standard InChI is InChI=1S/C11H10N2O2/c1-8(14)12-10-5-2-6-11-9(10)4-3-7-13(11)15/h2-7,15H,1H3. The fourth-order valence-corrected chi connectivity index (χ4v) is 1.48. The third-order valence-corrected chi connectivity index (χ3v) is 2.07. The van der Waals surface area contributed by atoms with E-state index in [9.17, 15) is 10.0 Å². The van der Waals surface area contributed by atoms with Gasteiger partial charge in [-0.1, -0.05) is 6.07 Å². The SMILES string of the molecule is CC(=O)N=c1cccc2n(O)cccc1-2. The fraction of sp³-hybridized carbons (Fsp3) is 0.0909. The van der Waals surface area contributed by atoms with Crippen LogP contribution in [0.5, 0.6) is 0 Å². The number of hydrogen-bond donors (Lipinski definition) is 1. The smallest absolute Gasteiger partial charge is 0.243 e. The van der Waals surface area contributed by atoms with Gasteiger partial charge in [0.15, 0.2) is 0 Å². The number of rotatable bonds is 0. The highest BCUT2D eigenvalue weighted by atomic mass is 16.5. The number of fused-ring (bicyclic) bond motifs is 1. The van der Waals surface area contributed by atoms with Crippen LogP contribution in [0.25, 0.3) is 11.3 Å². The second-order valence-corrected chi connectivity index (χ2v) is 3.19. The normalized spacial score (nSPS) is 11.9. The summed E-state index contributed by atoms with van der Waals surface area (Å²) in [6.45, 7) is 1.40. The van der Waals surface area contributed by atoms with Gasteiger partial charge in [-0.25, -0.2) is 4.99 Å². The third kappa shape index (κ3) is 1.74. The van der Waals surface area contributed by atoms with Gasteiger partial charge in [0, 0.05) is 18.7 Å². The second kappa shape index (κ2) is 3.57. The lowest BCUT2D eigenvalue weighted by molar-refractivity contribution is -0.116. The Morgan fingerprint density at radius 2 is 2.13 bits per heavy atom. The summed E-state index contributed by atoms with van der Waals surface area (Å²) < 4.78 is 1.01. The maximum absolute atomic E-state index is 10.9. The first-order valence-electron chi connectivity index (χ1n) is 4.53. The second-order valence-electron chi connectivity index (χ2n) is 3.19. The zero-order valence-electron chi connectivity index (χ0n) is 8.21. The lowest BCUT2D eigenvalue weighted by Crippen LogP contribution is -2.12. The molecular formula is C11H10N2O2. The Bertz CT molecular complexity index is 543. The van der Waals surface area contributed by atoms with Crippen molar-refractivity contribution in [2.45, 2.75) is 6.92 Å². The molecule has 4 nitrogen and oxygen atoms in total. The van der Waals surface area contributed by atoms with Gasteiger partial charge in [0.25, 0.3) is 0 Å². The number of hydrogen-bond acceptors (Lipinski definition) is 2. The maximum atomic E-state index is 10.9. The van der Waals surface area contributed by atoms with Gasteiger partial charge in [0.2, 0.25) is 5.91 Å². The van der Waals surface area contributed by atoms with Crippen LogP contribution in [-0.2, 0) is 4.79 Å². The van der Waals surface area contributed by atoms with Gasteiger partial charge in [-0.05, 0) is 24.3 Å². The molecule has 1 N–H and O–H groups in total. The van der Waals surface area contributed by atoms with Crippen molar-refractivity contribution in [3.8, 4) is 11.3 Å². The average Bonchev–Trinajstić information content (AvgIpc) is 2.19. The van der Waals surface area contributed by atoms with Crippen LogP contribution in [0.3, 0.4) is 0 Å². The number of benzene rings is 1. The molecule has 0 aromatic heterocycles. The molecule has 1 aliphatic heterocycles. The molecule has 0 unspecified atom stereocenters. The molecule has 2 aliphatic rings. The first kappa shape index (κ1) is 9.45. The van der Waals surface area contributed by atoms with E-state index in [4.69, 9.17) is 0 Å². The molecule has 0 saturated carbocycles. The maximum Gasteiger partial charge on any atom is 0.243 e. The minimum atomic E-state index is -0.254. The van der Waals surface area contributed by atoms with Crippen LogP contribution in [0.15, 0.2) is 41.5 Å². The molecule has 0 saturated heterocycles. The van der Waals surface area contributed by atoms with Gasteiger partial charge in [-0.15, -0.1) is 0 Å². The largest absolute Gasteiger partial charge is 0.428 e. The molecule has 0 bridgehead atoms. The summed E-state index contributed by atoms with van der Waals surface area (Å²) in [5.74, 6) is -0.254. The van der Waals surface area contributed by atoms with Gasteiger partial charge < -0.3 is 5.21 Å². The third-order valence-electron chi connectivity index (χ3n) is 2.07. The molecule has 0 atom stereocenters. The quantitative estimate of drug-likeness (QED) is 0.654. The van der Waals surface area contributed by atoms with Crippen molar-refractivity contribution < 1.29 is 10.0 Å². The van der Waals surface area contributed by atoms with Crippen LogP contribution in [0, 0.1) is 0 Å². The highest BCUT2D eigenvalue weighted by Crippen LogP contribution is 2.14. The number of carbonyl (C=O) groups excluding carboxylic acids is 1. The Morgan fingerprint density at radius 3 is 2.87 bits per heavy atom. The van der Waals surface area contributed by atoms with E-state index in [1.54, 1.807) is 24.3 Å². The monoisotopic (exact) mass is 202 g/mol. The van der Waals surface area contributed by atoms with Crippen molar-refractivity contribution in [3.63, 3.8) is 0 Å². The van der Waals surface area contributed by atoms with Gasteiger partial charge >= 0.3 is 0 Å². The molecule has 0 fully saturated rings. The van der Waals surface area contributed by atoms with Crippen molar-refractivity contribution in [1.82, 2.24) is 4.73 Å². The first-order chi connectivity index (χ1) is 7.18. The molecule has 0 radical (unpaired) electrons. The van der Waals surface area contributed by atoms with E-state index in [0.29, 0.717) is 11.1 Å². The van der Waals surface area contributed by atoms with Crippen LogP contribution < -0.4 is 5.36 Å². The Labute approximate surface area is 86.4 Å². The molecule has 2 rings (SSSR count). The van der Waals surface area contributed by atoms with E-state index >= 15 is 0 Å². The Balaban J connectivity index is 2.79. The van der Waals surface area contributed by atoms with E-state index in [-0.39, 0.29) is 5.91 Å². The van der Waals surface area contributed by atoms with Gasteiger partial charge in [0.1, 0.15) is 0 Å². The summed E-state index contributed by atoms with van der Waals surface area (Å²) in [6, 6.07) is 8.75. The number of carbonyl (C=O) groups is 1. The zero-order chi connectivity index (χ0) is 10.8. The average molecular weight is 202 g/mol. The molecule has 0 spiro atoms. The van der Waals surface area contributed by atoms with Crippen LogP contribution in [0.1, 0.15) is 6.92 Å². The van der Waals surface area contributed by atoms with Crippen molar-refractivity contribution in [3.05, 3.63) is 41.9 Å². The van der Waals surface area contributed by atoms with E-state index in [1.165, 1.54) is 13.1 Å². The minimum Gasteiger partial charge on any atom is -0.428 e. The Morgan fingerprint density at radius 1 is 1.33 bits per heavy atom. The van der Waals surface area contributed by atoms with Crippen LogP contribution in [0.2, 0.25) is 0 Å². The van der Waals surface area contributed by atoms with E-state index in [2.05, 4.69) is 4.99 Å². The zero-order valence-corrected chi connectivity index (χ0v) is 8.21. The number of nitrogens with zero attached hydrogens (tertiary/aromatic N) is 2. The summed E-state index contributed by atoms with van der Waals surface area (Å²) in [7, 11) is 0.